The maximum absolute atomic E-state index is 4.81. The molecular formula is C18H33N3. The summed E-state index contributed by atoms with van der Waals surface area (Å²) in [7, 11) is 0. The van der Waals surface area contributed by atoms with E-state index in [1.165, 1.54) is 37.8 Å². The van der Waals surface area contributed by atoms with Gasteiger partial charge < -0.3 is 5.32 Å². The Morgan fingerprint density at radius 2 is 2.05 bits per heavy atom. The molecule has 120 valence electrons. The lowest BCUT2D eigenvalue weighted by Crippen LogP contribution is -2.44. The molecule has 1 fully saturated rings. The minimum atomic E-state index is 0.454. The van der Waals surface area contributed by atoms with E-state index in [0.717, 1.165) is 19.4 Å². The van der Waals surface area contributed by atoms with Crippen LogP contribution in [0.15, 0.2) is 12.3 Å². The number of hydrogen-bond acceptors (Lipinski definition) is 2. The summed E-state index contributed by atoms with van der Waals surface area (Å²) in [6.45, 7) is 10.3. The Morgan fingerprint density at radius 1 is 1.33 bits per heavy atom. The molecular weight excluding hydrogens is 258 g/mol. The van der Waals surface area contributed by atoms with Crippen molar-refractivity contribution in [1.82, 2.24) is 15.1 Å². The number of aromatic nitrogens is 2. The van der Waals surface area contributed by atoms with Gasteiger partial charge >= 0.3 is 0 Å². The van der Waals surface area contributed by atoms with Crippen molar-refractivity contribution in [3.05, 3.63) is 18.0 Å². The normalized spacial score (nSPS) is 20.6. The molecule has 21 heavy (non-hydrogen) atoms. The molecule has 2 atom stereocenters. The van der Waals surface area contributed by atoms with E-state index in [-0.39, 0.29) is 0 Å². The number of hydrogen-bond donors (Lipinski definition) is 1. The Labute approximate surface area is 130 Å². The van der Waals surface area contributed by atoms with Gasteiger partial charge in [-0.25, -0.2) is 0 Å². The first-order valence-electron chi connectivity index (χ1n) is 8.86. The standard InChI is InChI=1S/C18H33N3/c1-5-12-19-17(18(4)10-7-8-11-18)14-16-9-13-21(20-16)15(3)6-2/h9,13,15,17,19H,5-8,10-12,14H2,1-4H3. The van der Waals surface area contributed by atoms with Crippen molar-refractivity contribution in [3.63, 3.8) is 0 Å². The van der Waals surface area contributed by atoms with Gasteiger partial charge in [0.25, 0.3) is 0 Å². The Kier molecular flexibility index (Phi) is 5.86. The molecule has 1 aliphatic rings. The SMILES string of the molecule is CCCNC(Cc1ccn(C(C)CC)n1)C1(C)CCCC1. The maximum Gasteiger partial charge on any atom is 0.0640 e. The Bertz CT molecular complexity index is 418. The monoisotopic (exact) mass is 291 g/mol. The van der Waals surface area contributed by atoms with Crippen LogP contribution in [0.4, 0.5) is 0 Å². The van der Waals surface area contributed by atoms with Crippen LogP contribution in [0.3, 0.4) is 0 Å². The van der Waals surface area contributed by atoms with E-state index < -0.39 is 0 Å². The van der Waals surface area contributed by atoms with Crippen molar-refractivity contribution in [3.8, 4) is 0 Å². The molecule has 1 aromatic heterocycles. The van der Waals surface area contributed by atoms with Gasteiger partial charge in [-0.15, -0.1) is 0 Å². The quantitative estimate of drug-likeness (QED) is 0.772. The molecule has 2 unspecified atom stereocenters. The van der Waals surface area contributed by atoms with E-state index in [4.69, 9.17) is 5.10 Å². The van der Waals surface area contributed by atoms with Crippen LogP contribution in [-0.4, -0.2) is 22.4 Å². The van der Waals surface area contributed by atoms with Gasteiger partial charge in [0.1, 0.15) is 0 Å². The van der Waals surface area contributed by atoms with Crippen LogP contribution in [0.5, 0.6) is 0 Å². The van der Waals surface area contributed by atoms with Gasteiger partial charge in [0, 0.05) is 24.7 Å². The molecule has 3 heteroatoms. The van der Waals surface area contributed by atoms with Gasteiger partial charge in [-0.1, -0.05) is 33.6 Å². The lowest BCUT2D eigenvalue weighted by atomic mass is 9.78. The van der Waals surface area contributed by atoms with E-state index in [1.807, 2.05) is 0 Å². The number of nitrogens with one attached hydrogen (secondary N) is 1. The van der Waals surface area contributed by atoms with E-state index in [2.05, 4.69) is 50.0 Å². The highest BCUT2D eigenvalue weighted by molar-refractivity contribution is 5.06. The highest BCUT2D eigenvalue weighted by Gasteiger charge is 2.36. The fourth-order valence-corrected chi connectivity index (χ4v) is 3.54. The molecule has 0 bridgehead atoms. The predicted octanol–water partition coefficient (Wildman–Crippen LogP) is 4.35. The van der Waals surface area contributed by atoms with Crippen molar-refractivity contribution in [1.29, 1.82) is 0 Å². The molecule has 0 amide bonds. The first kappa shape index (κ1) is 16.5. The lowest BCUT2D eigenvalue weighted by Gasteiger charge is -2.34. The summed E-state index contributed by atoms with van der Waals surface area (Å²) in [5.41, 5.74) is 1.70. The predicted molar refractivity (Wildman–Crippen MR) is 89.6 cm³/mol. The molecule has 0 spiro atoms. The molecule has 1 aromatic rings. The Balaban J connectivity index is 2.05. The zero-order valence-electron chi connectivity index (χ0n) is 14.4. The fourth-order valence-electron chi connectivity index (χ4n) is 3.54. The first-order chi connectivity index (χ1) is 10.1. The molecule has 0 aliphatic heterocycles. The molecule has 1 N–H and O–H groups in total. The Morgan fingerprint density at radius 3 is 2.67 bits per heavy atom. The van der Waals surface area contributed by atoms with Crippen molar-refractivity contribution >= 4 is 0 Å². The Hall–Kier alpha value is -0.830. The molecule has 1 saturated carbocycles. The third-order valence-electron chi connectivity index (χ3n) is 5.35. The average Bonchev–Trinajstić information content (AvgIpc) is 3.12. The van der Waals surface area contributed by atoms with Crippen molar-refractivity contribution in [2.75, 3.05) is 6.54 Å². The summed E-state index contributed by atoms with van der Waals surface area (Å²) in [6, 6.07) is 3.29. The minimum absolute atomic E-state index is 0.454. The second kappa shape index (κ2) is 7.44. The third-order valence-corrected chi connectivity index (χ3v) is 5.35. The summed E-state index contributed by atoms with van der Waals surface area (Å²) in [5, 5.41) is 8.61. The smallest absolute Gasteiger partial charge is 0.0640 e. The first-order valence-corrected chi connectivity index (χ1v) is 8.86. The van der Waals surface area contributed by atoms with E-state index in [1.54, 1.807) is 0 Å². The van der Waals surface area contributed by atoms with Crippen molar-refractivity contribution < 1.29 is 0 Å². The van der Waals surface area contributed by atoms with Crippen LogP contribution in [0.2, 0.25) is 0 Å². The third kappa shape index (κ3) is 4.09. The van der Waals surface area contributed by atoms with Gasteiger partial charge in [0.15, 0.2) is 0 Å². The van der Waals surface area contributed by atoms with E-state index in [9.17, 15) is 0 Å². The molecule has 0 radical (unpaired) electrons. The molecule has 0 aromatic carbocycles. The molecule has 2 rings (SSSR count). The van der Waals surface area contributed by atoms with Crippen LogP contribution in [0.1, 0.15) is 78.0 Å². The minimum Gasteiger partial charge on any atom is -0.313 e. The van der Waals surface area contributed by atoms with E-state index in [0.29, 0.717) is 17.5 Å². The van der Waals surface area contributed by atoms with Crippen LogP contribution in [0, 0.1) is 5.41 Å². The second-order valence-corrected chi connectivity index (χ2v) is 7.12. The van der Waals surface area contributed by atoms with Gasteiger partial charge in [0.2, 0.25) is 0 Å². The largest absolute Gasteiger partial charge is 0.313 e. The summed E-state index contributed by atoms with van der Waals surface area (Å²) in [4.78, 5) is 0. The van der Waals surface area contributed by atoms with Gasteiger partial charge in [0.05, 0.1) is 5.69 Å². The zero-order valence-corrected chi connectivity index (χ0v) is 14.4. The van der Waals surface area contributed by atoms with Gasteiger partial charge in [-0.2, -0.15) is 5.10 Å². The maximum atomic E-state index is 4.81. The summed E-state index contributed by atoms with van der Waals surface area (Å²) in [6.07, 6.45) is 11.1. The highest BCUT2D eigenvalue weighted by atomic mass is 15.3. The second-order valence-electron chi connectivity index (χ2n) is 7.12. The summed E-state index contributed by atoms with van der Waals surface area (Å²) >= 11 is 0. The lowest BCUT2D eigenvalue weighted by molar-refractivity contribution is 0.218. The summed E-state index contributed by atoms with van der Waals surface area (Å²) in [5.74, 6) is 0. The average molecular weight is 291 g/mol. The number of nitrogens with zero attached hydrogens (tertiary/aromatic N) is 2. The fraction of sp³-hybridized carbons (Fsp3) is 0.833. The van der Waals surface area contributed by atoms with Gasteiger partial charge in [-0.05, 0) is 50.6 Å². The van der Waals surface area contributed by atoms with Gasteiger partial charge in [-0.3, -0.25) is 4.68 Å². The summed E-state index contributed by atoms with van der Waals surface area (Å²) < 4.78 is 2.13. The van der Waals surface area contributed by atoms with Crippen LogP contribution >= 0.6 is 0 Å². The van der Waals surface area contributed by atoms with Crippen molar-refractivity contribution in [2.24, 2.45) is 5.41 Å². The molecule has 3 nitrogen and oxygen atoms in total. The van der Waals surface area contributed by atoms with Crippen LogP contribution in [0.25, 0.3) is 0 Å². The molecule has 1 heterocycles. The molecule has 0 saturated heterocycles. The zero-order chi connectivity index (χ0) is 15.3. The topological polar surface area (TPSA) is 29.9 Å². The molecule has 1 aliphatic carbocycles. The van der Waals surface area contributed by atoms with Crippen molar-refractivity contribution in [2.45, 2.75) is 84.7 Å². The van der Waals surface area contributed by atoms with Crippen LogP contribution < -0.4 is 5.32 Å². The number of rotatable bonds is 8. The van der Waals surface area contributed by atoms with E-state index >= 15 is 0 Å². The van der Waals surface area contributed by atoms with Crippen LogP contribution in [-0.2, 0) is 6.42 Å². The highest BCUT2D eigenvalue weighted by Crippen LogP contribution is 2.41.